The quantitative estimate of drug-likeness (QED) is 0.932. The molecule has 86 valence electrons. The zero-order chi connectivity index (χ0) is 11.8. The summed E-state index contributed by atoms with van der Waals surface area (Å²) in [4.78, 5) is 0.397. The van der Waals surface area contributed by atoms with E-state index in [4.69, 9.17) is 5.73 Å². The molecule has 5 heteroatoms. The fraction of sp³-hybridized carbons (Fsp3) is 0.273. The molecule has 0 radical (unpaired) electrons. The van der Waals surface area contributed by atoms with E-state index >= 15 is 0 Å². The van der Waals surface area contributed by atoms with Crippen molar-refractivity contribution in [2.45, 2.75) is 17.7 Å². The van der Waals surface area contributed by atoms with Gasteiger partial charge in [0.2, 0.25) is 9.84 Å². The van der Waals surface area contributed by atoms with Gasteiger partial charge in [-0.05, 0) is 42.7 Å². The molecule has 0 saturated carbocycles. The Bertz CT molecular complexity index is 549. The Labute approximate surface area is 103 Å². The summed E-state index contributed by atoms with van der Waals surface area (Å²) in [5, 5.41) is 1.36. The number of hydrogen-bond donors (Lipinski definition) is 1. The van der Waals surface area contributed by atoms with Crippen LogP contribution >= 0.6 is 15.9 Å². The Balaban J connectivity index is 2.48. The molecular weight excluding hydrogens is 290 g/mol. The number of halogens is 1. The maximum absolute atomic E-state index is 11.9. The molecule has 16 heavy (non-hydrogen) atoms. The van der Waals surface area contributed by atoms with Crippen LogP contribution in [0, 0.1) is 0 Å². The van der Waals surface area contributed by atoms with Gasteiger partial charge in [-0.3, -0.25) is 0 Å². The Morgan fingerprint density at radius 3 is 2.75 bits per heavy atom. The van der Waals surface area contributed by atoms with Crippen molar-refractivity contribution in [3.8, 4) is 0 Å². The Morgan fingerprint density at radius 2 is 2.06 bits per heavy atom. The third kappa shape index (κ3) is 2.07. The van der Waals surface area contributed by atoms with Gasteiger partial charge >= 0.3 is 0 Å². The first kappa shape index (κ1) is 11.8. The van der Waals surface area contributed by atoms with Crippen molar-refractivity contribution in [3.63, 3.8) is 0 Å². The molecule has 0 atom stereocenters. The first-order valence-corrected chi connectivity index (χ1v) is 7.34. The summed E-state index contributed by atoms with van der Waals surface area (Å²) in [6, 6.07) is 5.35. The molecule has 0 bridgehead atoms. The minimum absolute atomic E-state index is 0.397. The Hall–Kier alpha value is -0.650. The molecule has 0 amide bonds. The topological polar surface area (TPSA) is 60.2 Å². The van der Waals surface area contributed by atoms with Crippen molar-refractivity contribution in [2.24, 2.45) is 5.73 Å². The van der Waals surface area contributed by atoms with Crippen molar-refractivity contribution >= 4 is 31.3 Å². The van der Waals surface area contributed by atoms with Gasteiger partial charge in [-0.2, -0.15) is 0 Å². The highest BCUT2D eigenvalue weighted by atomic mass is 79.9. The average molecular weight is 302 g/mol. The standard InChI is InChI=1S/C11H12BrNO2S/c12-9-3-4-10-8(2-1-5-13)7-16(14,15)11(10)6-9/h3-4,6-7H,1-2,5,13H2. The van der Waals surface area contributed by atoms with Gasteiger partial charge in [0.1, 0.15) is 0 Å². The lowest BCUT2D eigenvalue weighted by molar-refractivity contribution is 0.605. The van der Waals surface area contributed by atoms with E-state index < -0.39 is 9.84 Å². The largest absolute Gasteiger partial charge is 0.330 e. The smallest absolute Gasteiger partial charge is 0.200 e. The highest BCUT2D eigenvalue weighted by Gasteiger charge is 2.26. The van der Waals surface area contributed by atoms with Crippen LogP contribution in [0.1, 0.15) is 18.4 Å². The number of nitrogens with two attached hydrogens (primary N) is 1. The van der Waals surface area contributed by atoms with Gasteiger partial charge in [0.15, 0.2) is 0 Å². The average Bonchev–Trinajstić information content (AvgIpc) is 2.48. The van der Waals surface area contributed by atoms with Crippen LogP contribution in [0.2, 0.25) is 0 Å². The van der Waals surface area contributed by atoms with E-state index in [-0.39, 0.29) is 0 Å². The third-order valence-electron chi connectivity index (χ3n) is 2.54. The molecule has 0 spiro atoms. The number of benzene rings is 1. The number of allylic oxidation sites excluding steroid dienone is 1. The van der Waals surface area contributed by atoms with Crippen molar-refractivity contribution in [2.75, 3.05) is 6.54 Å². The lowest BCUT2D eigenvalue weighted by Gasteiger charge is -2.03. The second-order valence-electron chi connectivity index (χ2n) is 3.72. The van der Waals surface area contributed by atoms with Crippen LogP contribution in [0.3, 0.4) is 0 Å². The molecule has 0 fully saturated rings. The molecule has 3 nitrogen and oxygen atoms in total. The van der Waals surface area contributed by atoms with Crippen LogP contribution in [-0.4, -0.2) is 15.0 Å². The summed E-state index contributed by atoms with van der Waals surface area (Å²) in [6.07, 6.45) is 1.52. The van der Waals surface area contributed by atoms with Crippen LogP contribution in [0.5, 0.6) is 0 Å². The van der Waals surface area contributed by atoms with Gasteiger partial charge in [0.25, 0.3) is 0 Å². The molecule has 0 aliphatic carbocycles. The van der Waals surface area contributed by atoms with E-state index in [1.165, 1.54) is 5.41 Å². The van der Waals surface area contributed by atoms with E-state index in [9.17, 15) is 8.42 Å². The highest BCUT2D eigenvalue weighted by molar-refractivity contribution is 9.10. The lowest BCUT2D eigenvalue weighted by atomic mass is 10.0. The number of hydrogen-bond acceptors (Lipinski definition) is 3. The molecule has 1 aromatic carbocycles. The summed E-state index contributed by atoms with van der Waals surface area (Å²) in [5.74, 6) is 0. The van der Waals surface area contributed by atoms with Crippen LogP contribution in [0.25, 0.3) is 5.57 Å². The fourth-order valence-corrected chi connectivity index (χ4v) is 3.85. The van der Waals surface area contributed by atoms with E-state index in [1.54, 1.807) is 6.07 Å². The Kier molecular flexibility index (Phi) is 3.19. The van der Waals surface area contributed by atoms with Crippen LogP contribution in [-0.2, 0) is 9.84 Å². The normalized spacial score (nSPS) is 17.0. The molecule has 1 aromatic rings. The minimum atomic E-state index is -3.24. The molecule has 1 aliphatic rings. The van der Waals surface area contributed by atoms with E-state index in [2.05, 4.69) is 15.9 Å². The minimum Gasteiger partial charge on any atom is -0.330 e. The molecule has 2 N–H and O–H groups in total. The summed E-state index contributed by atoms with van der Waals surface area (Å²) in [6.45, 7) is 0.573. The van der Waals surface area contributed by atoms with Crippen LogP contribution in [0.4, 0.5) is 0 Å². The van der Waals surface area contributed by atoms with Gasteiger partial charge in [0.05, 0.1) is 4.90 Å². The molecule has 0 aromatic heterocycles. The number of rotatable bonds is 3. The molecule has 2 rings (SSSR count). The maximum Gasteiger partial charge on any atom is 0.200 e. The lowest BCUT2D eigenvalue weighted by Crippen LogP contribution is -1.98. The van der Waals surface area contributed by atoms with E-state index in [0.717, 1.165) is 22.0 Å². The fourth-order valence-electron chi connectivity index (χ4n) is 1.80. The van der Waals surface area contributed by atoms with Gasteiger partial charge in [-0.25, -0.2) is 8.42 Å². The molecule has 1 aliphatic heterocycles. The zero-order valence-corrected chi connectivity index (χ0v) is 11.0. The Morgan fingerprint density at radius 1 is 1.31 bits per heavy atom. The summed E-state index contributed by atoms with van der Waals surface area (Å²) < 4.78 is 24.5. The molecule has 0 unspecified atom stereocenters. The van der Waals surface area contributed by atoms with Gasteiger partial charge in [-0.15, -0.1) is 0 Å². The highest BCUT2D eigenvalue weighted by Crippen LogP contribution is 2.37. The van der Waals surface area contributed by atoms with Gasteiger partial charge in [0, 0.05) is 9.88 Å². The van der Waals surface area contributed by atoms with Gasteiger partial charge < -0.3 is 5.73 Å². The van der Waals surface area contributed by atoms with Crippen LogP contribution < -0.4 is 5.73 Å². The first-order chi connectivity index (χ1) is 7.54. The SMILES string of the molecule is NCCCC1=CS(=O)(=O)c2cc(Br)ccc21. The second kappa shape index (κ2) is 4.31. The summed E-state index contributed by atoms with van der Waals surface area (Å²) >= 11 is 3.28. The number of fused-ring (bicyclic) bond motifs is 1. The van der Waals surface area contributed by atoms with Crippen molar-refractivity contribution in [1.29, 1.82) is 0 Å². The monoisotopic (exact) mass is 301 g/mol. The second-order valence-corrected chi connectivity index (χ2v) is 6.40. The molecule has 0 saturated heterocycles. The molecular formula is C11H12BrNO2S. The first-order valence-electron chi connectivity index (χ1n) is 5.00. The number of sulfone groups is 1. The van der Waals surface area contributed by atoms with Crippen LogP contribution in [0.15, 0.2) is 33.0 Å². The van der Waals surface area contributed by atoms with Crippen molar-refractivity contribution in [1.82, 2.24) is 0 Å². The maximum atomic E-state index is 11.9. The third-order valence-corrected chi connectivity index (χ3v) is 4.58. The summed E-state index contributed by atoms with van der Waals surface area (Å²) in [5.41, 5.74) is 7.12. The van der Waals surface area contributed by atoms with Crippen molar-refractivity contribution < 1.29 is 8.42 Å². The van der Waals surface area contributed by atoms with E-state index in [1.807, 2.05) is 12.1 Å². The van der Waals surface area contributed by atoms with Crippen molar-refractivity contribution in [3.05, 3.63) is 33.6 Å². The molecule has 1 heterocycles. The zero-order valence-electron chi connectivity index (χ0n) is 8.61. The van der Waals surface area contributed by atoms with E-state index in [0.29, 0.717) is 17.9 Å². The predicted molar refractivity (Wildman–Crippen MR) is 67.6 cm³/mol. The predicted octanol–water partition coefficient (Wildman–Crippen LogP) is 2.32. The summed E-state index contributed by atoms with van der Waals surface area (Å²) in [7, 11) is -3.24. The van der Waals surface area contributed by atoms with Gasteiger partial charge in [-0.1, -0.05) is 22.0 Å².